The highest BCUT2D eigenvalue weighted by Crippen LogP contribution is 2.35. The van der Waals surface area contributed by atoms with Gasteiger partial charge in [0.2, 0.25) is 0 Å². The van der Waals surface area contributed by atoms with Gasteiger partial charge in [-0.2, -0.15) is 0 Å². The van der Waals surface area contributed by atoms with E-state index in [1.807, 2.05) is 6.07 Å². The molecule has 0 radical (unpaired) electrons. The van der Waals surface area contributed by atoms with Crippen molar-refractivity contribution in [2.24, 2.45) is 10.7 Å². The Labute approximate surface area is 142 Å². The number of rotatable bonds is 5. The van der Waals surface area contributed by atoms with Crippen LogP contribution in [-0.2, 0) is 14.9 Å². The van der Waals surface area contributed by atoms with Gasteiger partial charge in [-0.1, -0.05) is 12.1 Å². The number of aliphatic imine (C=N–C) groups is 1. The third kappa shape index (κ3) is 4.24. The van der Waals surface area contributed by atoms with E-state index >= 15 is 0 Å². The molecule has 2 saturated heterocycles. The van der Waals surface area contributed by atoms with E-state index in [0.29, 0.717) is 32.3 Å². The summed E-state index contributed by atoms with van der Waals surface area (Å²) in [5.74, 6) is 0.208. The topological polar surface area (TPSA) is 68.9 Å². The Morgan fingerprint density at radius 3 is 2.88 bits per heavy atom. The van der Waals surface area contributed by atoms with E-state index in [1.54, 1.807) is 12.1 Å². The number of benzene rings is 1. The van der Waals surface area contributed by atoms with Gasteiger partial charge in [-0.3, -0.25) is 4.99 Å². The largest absolute Gasteiger partial charge is 0.381 e. The fraction of sp³-hybridized carbons (Fsp3) is 0.611. The smallest absolute Gasteiger partial charge is 0.188 e. The summed E-state index contributed by atoms with van der Waals surface area (Å²) in [4.78, 5) is 4.54. The lowest BCUT2D eigenvalue weighted by molar-refractivity contribution is 0.0530. The Hall–Kier alpha value is -1.66. The molecule has 3 N–H and O–H groups in total. The fourth-order valence-corrected chi connectivity index (χ4v) is 3.43. The van der Waals surface area contributed by atoms with Gasteiger partial charge in [0.25, 0.3) is 0 Å². The second-order valence-corrected chi connectivity index (χ2v) is 6.62. The van der Waals surface area contributed by atoms with Crippen LogP contribution in [0.5, 0.6) is 0 Å². The first kappa shape index (κ1) is 17.2. The van der Waals surface area contributed by atoms with E-state index in [-0.39, 0.29) is 17.3 Å². The van der Waals surface area contributed by atoms with Crippen molar-refractivity contribution in [2.75, 3.05) is 32.9 Å². The molecule has 0 aliphatic carbocycles. The van der Waals surface area contributed by atoms with Gasteiger partial charge in [0, 0.05) is 31.8 Å². The molecular formula is C18H26FN3O2. The molecule has 5 nitrogen and oxygen atoms in total. The molecule has 1 aromatic rings. The van der Waals surface area contributed by atoms with Crippen LogP contribution in [0.4, 0.5) is 4.39 Å². The standard InChI is InChI=1S/C18H26FN3O2/c19-15-4-1-3-14(11-15)18(6-9-23-10-7-18)13-22-17(20)21-12-16-5-2-8-24-16/h1,3-4,11,16H,2,5-10,12-13H2,(H3,20,21,22). The maximum atomic E-state index is 13.7. The molecular weight excluding hydrogens is 309 g/mol. The lowest BCUT2D eigenvalue weighted by atomic mass is 9.74. The summed E-state index contributed by atoms with van der Waals surface area (Å²) in [7, 11) is 0. The van der Waals surface area contributed by atoms with E-state index in [0.717, 1.165) is 37.9 Å². The summed E-state index contributed by atoms with van der Waals surface area (Å²) in [5, 5.41) is 3.14. The van der Waals surface area contributed by atoms with Crippen LogP contribution < -0.4 is 11.1 Å². The summed E-state index contributed by atoms with van der Waals surface area (Å²) in [5.41, 5.74) is 6.78. The van der Waals surface area contributed by atoms with Gasteiger partial charge in [-0.05, 0) is 43.4 Å². The maximum absolute atomic E-state index is 13.7. The molecule has 2 aliphatic rings. The lowest BCUT2D eigenvalue weighted by Crippen LogP contribution is -2.41. The molecule has 3 rings (SSSR count). The molecule has 0 spiro atoms. The molecule has 0 amide bonds. The Morgan fingerprint density at radius 1 is 1.33 bits per heavy atom. The average molecular weight is 335 g/mol. The molecule has 0 aromatic heterocycles. The van der Waals surface area contributed by atoms with Crippen molar-refractivity contribution in [1.82, 2.24) is 5.32 Å². The summed E-state index contributed by atoms with van der Waals surface area (Å²) in [6.45, 7) is 3.37. The molecule has 1 atom stereocenters. The Balaban J connectivity index is 1.66. The van der Waals surface area contributed by atoms with Crippen molar-refractivity contribution in [1.29, 1.82) is 0 Å². The summed E-state index contributed by atoms with van der Waals surface area (Å²) in [6, 6.07) is 6.80. The Kier molecular flexibility index (Phi) is 5.68. The third-order valence-electron chi connectivity index (χ3n) is 4.97. The zero-order valence-corrected chi connectivity index (χ0v) is 14.0. The number of guanidine groups is 1. The molecule has 0 saturated carbocycles. The van der Waals surface area contributed by atoms with E-state index in [1.165, 1.54) is 6.07 Å². The van der Waals surface area contributed by atoms with Crippen molar-refractivity contribution in [3.8, 4) is 0 Å². The Morgan fingerprint density at radius 2 is 2.17 bits per heavy atom. The van der Waals surface area contributed by atoms with Crippen LogP contribution in [0.1, 0.15) is 31.2 Å². The highest BCUT2D eigenvalue weighted by atomic mass is 19.1. The minimum Gasteiger partial charge on any atom is -0.381 e. The molecule has 2 heterocycles. The second-order valence-electron chi connectivity index (χ2n) is 6.62. The van der Waals surface area contributed by atoms with Gasteiger partial charge in [-0.25, -0.2) is 4.39 Å². The van der Waals surface area contributed by atoms with Gasteiger partial charge < -0.3 is 20.5 Å². The molecule has 1 aromatic carbocycles. The summed E-state index contributed by atoms with van der Waals surface area (Å²) < 4.78 is 24.7. The zero-order valence-electron chi connectivity index (χ0n) is 14.0. The van der Waals surface area contributed by atoms with Gasteiger partial charge in [0.15, 0.2) is 5.96 Å². The van der Waals surface area contributed by atoms with Gasteiger partial charge in [0.05, 0.1) is 12.6 Å². The van der Waals surface area contributed by atoms with Crippen LogP contribution in [0.3, 0.4) is 0 Å². The quantitative estimate of drug-likeness (QED) is 0.637. The van der Waals surface area contributed by atoms with E-state index in [2.05, 4.69) is 10.3 Å². The normalized spacial score (nSPS) is 24.0. The van der Waals surface area contributed by atoms with E-state index in [4.69, 9.17) is 15.2 Å². The molecule has 24 heavy (non-hydrogen) atoms. The number of nitrogens with zero attached hydrogens (tertiary/aromatic N) is 1. The van der Waals surface area contributed by atoms with Crippen LogP contribution in [0.25, 0.3) is 0 Å². The first-order valence-electron chi connectivity index (χ1n) is 8.67. The van der Waals surface area contributed by atoms with Crippen LogP contribution in [0, 0.1) is 5.82 Å². The average Bonchev–Trinajstić information content (AvgIpc) is 3.12. The fourth-order valence-electron chi connectivity index (χ4n) is 3.43. The van der Waals surface area contributed by atoms with Crippen molar-refractivity contribution < 1.29 is 13.9 Å². The third-order valence-corrected chi connectivity index (χ3v) is 4.97. The summed E-state index contributed by atoms with van der Waals surface area (Å²) >= 11 is 0. The van der Waals surface area contributed by atoms with Crippen LogP contribution in [0.2, 0.25) is 0 Å². The van der Waals surface area contributed by atoms with Gasteiger partial charge in [0.1, 0.15) is 5.82 Å². The number of hydrogen-bond acceptors (Lipinski definition) is 3. The molecule has 1 unspecified atom stereocenters. The highest BCUT2D eigenvalue weighted by molar-refractivity contribution is 5.77. The number of nitrogens with one attached hydrogen (secondary N) is 1. The van der Waals surface area contributed by atoms with Crippen molar-refractivity contribution >= 4 is 5.96 Å². The first-order chi connectivity index (χ1) is 11.7. The van der Waals surface area contributed by atoms with E-state index in [9.17, 15) is 4.39 Å². The van der Waals surface area contributed by atoms with Crippen molar-refractivity contribution in [3.63, 3.8) is 0 Å². The van der Waals surface area contributed by atoms with E-state index < -0.39 is 0 Å². The van der Waals surface area contributed by atoms with Crippen LogP contribution >= 0.6 is 0 Å². The molecule has 6 heteroatoms. The van der Waals surface area contributed by atoms with Gasteiger partial charge in [-0.15, -0.1) is 0 Å². The second kappa shape index (κ2) is 7.94. The van der Waals surface area contributed by atoms with Crippen LogP contribution in [0.15, 0.2) is 29.3 Å². The highest BCUT2D eigenvalue weighted by Gasteiger charge is 2.34. The Bertz CT molecular complexity index is 567. The maximum Gasteiger partial charge on any atom is 0.188 e. The predicted octanol–water partition coefficient (Wildman–Crippen LogP) is 1.96. The monoisotopic (exact) mass is 335 g/mol. The zero-order chi connectivity index (χ0) is 16.8. The van der Waals surface area contributed by atoms with Crippen molar-refractivity contribution in [2.45, 2.75) is 37.2 Å². The minimum absolute atomic E-state index is 0.212. The minimum atomic E-state index is -0.216. The predicted molar refractivity (Wildman–Crippen MR) is 91.6 cm³/mol. The van der Waals surface area contributed by atoms with Crippen LogP contribution in [-0.4, -0.2) is 45.0 Å². The molecule has 0 bridgehead atoms. The molecule has 2 aliphatic heterocycles. The number of ether oxygens (including phenoxy) is 2. The molecule has 2 fully saturated rings. The summed E-state index contributed by atoms with van der Waals surface area (Å²) in [6.07, 6.45) is 4.02. The number of nitrogens with two attached hydrogens (primary N) is 1. The van der Waals surface area contributed by atoms with Crippen molar-refractivity contribution in [3.05, 3.63) is 35.6 Å². The van der Waals surface area contributed by atoms with Gasteiger partial charge >= 0.3 is 0 Å². The number of hydrogen-bond donors (Lipinski definition) is 2. The molecule has 132 valence electrons. The lowest BCUT2D eigenvalue weighted by Gasteiger charge is -2.36. The first-order valence-corrected chi connectivity index (χ1v) is 8.67. The SMILES string of the molecule is NC(=NCC1(c2cccc(F)c2)CCOCC1)NCC1CCCO1. The number of halogens is 1.